The number of ether oxygens (including phenoxy) is 2. The molecule has 0 bridgehead atoms. The first kappa shape index (κ1) is 19.6. The number of methoxy groups -OCH3 is 2. The van der Waals surface area contributed by atoms with Crippen LogP contribution in [-0.4, -0.2) is 60.5 Å². The van der Waals surface area contributed by atoms with Crippen molar-refractivity contribution in [1.29, 1.82) is 5.26 Å². The van der Waals surface area contributed by atoms with Gasteiger partial charge in [-0.15, -0.1) is 0 Å². The Morgan fingerprint density at radius 1 is 1.14 bits per heavy atom. The molecule has 1 aliphatic rings. The third-order valence-corrected chi connectivity index (χ3v) is 4.64. The van der Waals surface area contributed by atoms with Crippen molar-refractivity contribution in [2.75, 3.05) is 50.5 Å². The Morgan fingerprint density at radius 3 is 2.39 bits per heavy atom. The van der Waals surface area contributed by atoms with Crippen LogP contribution in [0.15, 0.2) is 24.5 Å². The Balaban J connectivity index is 1.73. The van der Waals surface area contributed by atoms with E-state index in [1.165, 1.54) is 26.5 Å². The zero-order valence-electron chi connectivity index (χ0n) is 15.7. The van der Waals surface area contributed by atoms with Crippen LogP contribution in [0.25, 0.3) is 0 Å². The highest BCUT2D eigenvalue weighted by Crippen LogP contribution is 2.35. The minimum absolute atomic E-state index is 0.112. The lowest BCUT2D eigenvalue weighted by atomic mass is 10.1. The van der Waals surface area contributed by atoms with Crippen LogP contribution >= 0.6 is 0 Å². The molecule has 1 fully saturated rings. The molecule has 1 N–H and O–H groups in total. The molecule has 0 saturated carbocycles. The highest BCUT2D eigenvalue weighted by atomic mass is 16.8. The average Bonchev–Trinajstić information content (AvgIpc) is 2.73. The van der Waals surface area contributed by atoms with Crippen LogP contribution in [0.2, 0.25) is 0 Å². The number of hydrogen-bond acceptors (Lipinski definition) is 10. The molecule has 1 aromatic carbocycles. The van der Waals surface area contributed by atoms with Gasteiger partial charge in [-0.1, -0.05) is 0 Å². The van der Waals surface area contributed by atoms with Gasteiger partial charge in [-0.25, -0.2) is 9.97 Å². The molecule has 2 aromatic rings. The molecule has 2 heterocycles. The van der Waals surface area contributed by atoms with Crippen molar-refractivity contribution >= 4 is 11.5 Å². The van der Waals surface area contributed by atoms with Crippen molar-refractivity contribution < 1.29 is 14.7 Å². The van der Waals surface area contributed by atoms with E-state index in [2.05, 4.69) is 20.9 Å². The van der Waals surface area contributed by atoms with Crippen LogP contribution < -0.4 is 19.6 Å². The van der Waals surface area contributed by atoms with E-state index >= 15 is 0 Å². The van der Waals surface area contributed by atoms with Crippen LogP contribution in [0.5, 0.6) is 11.5 Å². The second-order valence-corrected chi connectivity index (χ2v) is 6.21. The SMILES string of the molecule is COc1cc(CN2CCN(c3nccnc3C#N)CC2)c(N([O-])O)cc1OC. The summed E-state index contributed by atoms with van der Waals surface area (Å²) in [6, 6.07) is 5.21. The van der Waals surface area contributed by atoms with Gasteiger partial charge in [-0.2, -0.15) is 5.26 Å². The molecule has 1 saturated heterocycles. The fourth-order valence-corrected chi connectivity index (χ4v) is 3.21. The summed E-state index contributed by atoms with van der Waals surface area (Å²) in [6.45, 7) is 3.17. The molecule has 1 aromatic heterocycles. The number of hydrogen-bond donors (Lipinski definition) is 1. The summed E-state index contributed by atoms with van der Waals surface area (Å²) in [5, 5.41) is 30.1. The fourth-order valence-electron chi connectivity index (χ4n) is 3.21. The van der Waals surface area contributed by atoms with Crippen LogP contribution in [0, 0.1) is 16.5 Å². The lowest BCUT2D eigenvalue weighted by molar-refractivity contribution is 0.245. The molecule has 28 heavy (non-hydrogen) atoms. The summed E-state index contributed by atoms with van der Waals surface area (Å²) in [4.78, 5) is 12.5. The Labute approximate surface area is 162 Å². The van der Waals surface area contributed by atoms with E-state index in [1.54, 1.807) is 12.3 Å². The first-order valence-corrected chi connectivity index (χ1v) is 8.66. The van der Waals surface area contributed by atoms with Gasteiger partial charge in [0.05, 0.1) is 19.9 Å². The minimum atomic E-state index is -0.160. The first-order valence-electron chi connectivity index (χ1n) is 8.66. The van der Waals surface area contributed by atoms with Gasteiger partial charge in [0.15, 0.2) is 23.0 Å². The molecular formula is C18H21N6O4-. The van der Waals surface area contributed by atoms with E-state index in [0.29, 0.717) is 61.3 Å². The van der Waals surface area contributed by atoms with Gasteiger partial charge < -0.3 is 24.8 Å². The van der Waals surface area contributed by atoms with Crippen LogP contribution in [0.1, 0.15) is 11.3 Å². The number of anilines is 2. The van der Waals surface area contributed by atoms with E-state index in [0.717, 1.165) is 0 Å². The summed E-state index contributed by atoms with van der Waals surface area (Å²) in [5.41, 5.74) is 1.04. The average molecular weight is 385 g/mol. The van der Waals surface area contributed by atoms with Gasteiger partial charge in [0, 0.05) is 51.2 Å². The van der Waals surface area contributed by atoms with E-state index in [4.69, 9.17) is 9.47 Å². The van der Waals surface area contributed by atoms with Crippen LogP contribution in [0.3, 0.4) is 0 Å². The van der Waals surface area contributed by atoms with Gasteiger partial charge in [-0.05, 0) is 11.6 Å². The lowest BCUT2D eigenvalue weighted by Gasteiger charge is -2.36. The first-order chi connectivity index (χ1) is 13.6. The monoisotopic (exact) mass is 385 g/mol. The molecule has 0 unspecified atom stereocenters. The highest BCUT2D eigenvalue weighted by molar-refractivity contribution is 5.61. The maximum absolute atomic E-state index is 11.6. The standard InChI is InChI=1S/C18H21N6O4/c1-27-16-9-13(15(24(25)26)10-17(16)28-2)12-22-5-7-23(8-6-22)18-14(11-19)20-3-4-21-18/h3-4,9-10,25H,5-8,12H2,1-2H3/q-1. The summed E-state index contributed by atoms with van der Waals surface area (Å²) in [7, 11) is 2.98. The molecule has 0 aliphatic carbocycles. The van der Waals surface area contributed by atoms with Crippen molar-refractivity contribution in [3.05, 3.63) is 41.0 Å². The van der Waals surface area contributed by atoms with Crippen molar-refractivity contribution in [2.45, 2.75) is 6.54 Å². The molecule has 0 spiro atoms. The van der Waals surface area contributed by atoms with Crippen LogP contribution in [-0.2, 0) is 6.54 Å². The third kappa shape index (κ3) is 4.07. The number of rotatable bonds is 6. The van der Waals surface area contributed by atoms with Crippen molar-refractivity contribution in [3.8, 4) is 17.6 Å². The smallest absolute Gasteiger partial charge is 0.183 e. The maximum Gasteiger partial charge on any atom is 0.183 e. The second-order valence-electron chi connectivity index (χ2n) is 6.21. The van der Waals surface area contributed by atoms with Crippen molar-refractivity contribution in [3.63, 3.8) is 0 Å². The number of piperazine rings is 1. The second kappa shape index (κ2) is 8.71. The zero-order valence-corrected chi connectivity index (χ0v) is 15.7. The van der Waals surface area contributed by atoms with E-state index in [9.17, 15) is 15.7 Å². The maximum atomic E-state index is 11.6. The normalized spacial score (nSPS) is 14.5. The quantitative estimate of drug-likeness (QED) is 0.730. The summed E-state index contributed by atoms with van der Waals surface area (Å²) in [5.74, 6) is 1.44. The number of nitriles is 1. The molecule has 148 valence electrons. The number of nitrogens with zero attached hydrogens (tertiary/aromatic N) is 6. The fraction of sp³-hybridized carbons (Fsp3) is 0.389. The predicted octanol–water partition coefficient (Wildman–Crippen LogP) is 1.38. The van der Waals surface area contributed by atoms with Crippen molar-refractivity contribution in [1.82, 2.24) is 14.9 Å². The zero-order chi connectivity index (χ0) is 20.1. The topological polar surface area (TPSA) is 121 Å². The molecule has 10 nitrogen and oxygen atoms in total. The molecular weight excluding hydrogens is 364 g/mol. The minimum Gasteiger partial charge on any atom is -0.733 e. The van der Waals surface area contributed by atoms with Gasteiger partial charge >= 0.3 is 0 Å². The molecule has 10 heteroatoms. The van der Waals surface area contributed by atoms with Gasteiger partial charge in [-0.3, -0.25) is 10.1 Å². The van der Waals surface area contributed by atoms with Gasteiger partial charge in [0.2, 0.25) is 0 Å². The Morgan fingerprint density at radius 2 is 1.79 bits per heavy atom. The third-order valence-electron chi connectivity index (χ3n) is 4.64. The summed E-state index contributed by atoms with van der Waals surface area (Å²) in [6.07, 6.45) is 3.07. The Bertz CT molecular complexity index is 862. The van der Waals surface area contributed by atoms with Gasteiger partial charge in [0.1, 0.15) is 6.07 Å². The molecule has 0 atom stereocenters. The van der Waals surface area contributed by atoms with Crippen LogP contribution in [0.4, 0.5) is 11.5 Å². The summed E-state index contributed by atoms with van der Waals surface area (Å²) >= 11 is 0. The number of benzene rings is 1. The molecule has 0 radical (unpaired) electrons. The molecule has 0 amide bonds. The van der Waals surface area contributed by atoms with Gasteiger partial charge in [0.25, 0.3) is 0 Å². The van der Waals surface area contributed by atoms with E-state index < -0.39 is 0 Å². The Hall–Kier alpha value is -3.13. The van der Waals surface area contributed by atoms with E-state index in [1.807, 2.05) is 4.90 Å². The highest BCUT2D eigenvalue weighted by Gasteiger charge is 2.22. The molecule has 3 rings (SSSR count). The summed E-state index contributed by atoms with van der Waals surface area (Å²) < 4.78 is 10.5. The molecule has 1 aliphatic heterocycles. The largest absolute Gasteiger partial charge is 0.733 e. The van der Waals surface area contributed by atoms with Crippen molar-refractivity contribution in [2.24, 2.45) is 0 Å². The number of aromatic nitrogens is 2. The predicted molar refractivity (Wildman–Crippen MR) is 101 cm³/mol. The lowest BCUT2D eigenvalue weighted by Crippen LogP contribution is -2.46. The Kier molecular flexibility index (Phi) is 6.10. The van der Waals surface area contributed by atoms with E-state index in [-0.39, 0.29) is 10.9 Å².